The molecule has 170 valence electrons. The Labute approximate surface area is 196 Å². The zero-order chi connectivity index (χ0) is 22.1. The van der Waals surface area contributed by atoms with Crippen LogP contribution in [-0.4, -0.2) is 13.1 Å². The van der Waals surface area contributed by atoms with Gasteiger partial charge >= 0.3 is 0 Å². The first kappa shape index (κ1) is 23.8. The molecule has 2 heteroatoms. The number of hydrogen-bond acceptors (Lipinski definition) is 2. The number of allylic oxidation sites excluding steroid dienone is 1. The number of fused-ring (bicyclic) bond motifs is 1. The van der Waals surface area contributed by atoms with Gasteiger partial charge in [-0.15, -0.1) is 11.3 Å². The van der Waals surface area contributed by atoms with Crippen molar-refractivity contribution >= 4 is 16.9 Å². The summed E-state index contributed by atoms with van der Waals surface area (Å²) in [5.74, 6) is 0.875. The molecule has 1 aromatic heterocycles. The standard InChI is InChI=1S/C19H27NS.C10H12.2H2/c1-15-6-4-5-13-21-19(17(3)14-15)16(2)7-8-18-9-11-20-12-10-18;1-8-5-6-9-3-2-4-10(9)7-8;;/h4-6,13-14,18,20H,2,7-12H2,1,3H3;5-7H,2-4H2,1H3;2*1H. The van der Waals surface area contributed by atoms with Crippen LogP contribution in [0.5, 0.6) is 0 Å². The SMILES string of the molecule is C=C(CCC1CCNCC1)c1sccccc(C)cc1C.Cc1ccc2c(c1)CCC2.[HH].[HH]. The zero-order valence-electron chi connectivity index (χ0n) is 19.7. The summed E-state index contributed by atoms with van der Waals surface area (Å²) in [5, 5.41) is 5.60. The van der Waals surface area contributed by atoms with E-state index in [1.54, 1.807) is 22.5 Å². The Kier molecular flexibility index (Phi) is 9.36. The number of nitrogens with one attached hydrogen (secondary N) is 1. The summed E-state index contributed by atoms with van der Waals surface area (Å²) in [6.45, 7) is 13.3. The van der Waals surface area contributed by atoms with Gasteiger partial charge in [-0.3, -0.25) is 0 Å². The van der Waals surface area contributed by atoms with Gasteiger partial charge in [0.1, 0.15) is 0 Å². The molecule has 2 aliphatic rings. The van der Waals surface area contributed by atoms with Crippen LogP contribution in [0.2, 0.25) is 0 Å². The highest BCUT2D eigenvalue weighted by molar-refractivity contribution is 7.10. The normalized spacial score (nSPS) is 15.5. The highest BCUT2D eigenvalue weighted by Crippen LogP contribution is 2.28. The average Bonchev–Trinajstić information content (AvgIpc) is 3.25. The number of aryl methyl sites for hydroxylation is 5. The molecule has 0 atom stereocenters. The van der Waals surface area contributed by atoms with Crippen LogP contribution in [-0.2, 0) is 12.8 Å². The van der Waals surface area contributed by atoms with E-state index in [1.807, 2.05) is 0 Å². The van der Waals surface area contributed by atoms with E-state index in [9.17, 15) is 0 Å². The Balaban J connectivity index is 0.000000381. The quantitative estimate of drug-likeness (QED) is 0.507. The fraction of sp³-hybridized carbons (Fsp3) is 0.448. The van der Waals surface area contributed by atoms with Crippen molar-refractivity contribution in [3.05, 3.63) is 87.1 Å². The van der Waals surface area contributed by atoms with Gasteiger partial charge in [-0.2, -0.15) is 0 Å². The molecule has 1 aliphatic heterocycles. The summed E-state index contributed by atoms with van der Waals surface area (Å²) in [6.07, 6.45) is 9.01. The number of hydrogen-bond donors (Lipinski definition) is 1. The van der Waals surface area contributed by atoms with E-state index in [2.05, 4.69) is 80.5 Å². The van der Waals surface area contributed by atoms with Gasteiger partial charge in [-0.05, 0) is 112 Å². The molecule has 0 radical (unpaired) electrons. The molecular formula is C29H43NS. The Morgan fingerprint density at radius 2 is 1.74 bits per heavy atom. The van der Waals surface area contributed by atoms with Crippen molar-refractivity contribution in [1.82, 2.24) is 5.32 Å². The summed E-state index contributed by atoms with van der Waals surface area (Å²) in [4.78, 5) is 1.35. The molecule has 1 fully saturated rings. The summed E-state index contributed by atoms with van der Waals surface area (Å²) in [6, 6.07) is 15.4. The van der Waals surface area contributed by atoms with Gasteiger partial charge < -0.3 is 5.32 Å². The summed E-state index contributed by atoms with van der Waals surface area (Å²) < 4.78 is 0. The highest BCUT2D eigenvalue weighted by atomic mass is 32.1. The molecule has 2 heterocycles. The molecule has 0 amide bonds. The second-order valence-electron chi connectivity index (χ2n) is 9.17. The number of piperidine rings is 1. The summed E-state index contributed by atoms with van der Waals surface area (Å²) in [5.41, 5.74) is 8.49. The van der Waals surface area contributed by atoms with Gasteiger partial charge in [0.25, 0.3) is 0 Å². The fourth-order valence-corrected chi connectivity index (χ4v) is 5.45. The molecule has 1 N–H and O–H groups in total. The minimum Gasteiger partial charge on any atom is -0.317 e. The molecular weight excluding hydrogens is 394 g/mol. The molecule has 0 unspecified atom stereocenters. The van der Waals surface area contributed by atoms with Gasteiger partial charge in [0.2, 0.25) is 0 Å². The maximum absolute atomic E-state index is 4.36. The summed E-state index contributed by atoms with van der Waals surface area (Å²) >= 11 is 1.81. The van der Waals surface area contributed by atoms with Crippen molar-refractivity contribution in [2.24, 2.45) is 5.92 Å². The zero-order valence-corrected chi connectivity index (χ0v) is 20.5. The topological polar surface area (TPSA) is 12.0 Å². The Hall–Kier alpha value is -1.90. The minimum atomic E-state index is 0. The van der Waals surface area contributed by atoms with E-state index in [0.29, 0.717) is 0 Å². The minimum absolute atomic E-state index is 0. The lowest BCUT2D eigenvalue weighted by Crippen LogP contribution is -2.27. The average molecular weight is 438 g/mol. The maximum Gasteiger partial charge on any atom is 0.0325 e. The number of benzene rings is 1. The lowest BCUT2D eigenvalue weighted by Gasteiger charge is -2.22. The van der Waals surface area contributed by atoms with Crippen LogP contribution >= 0.6 is 11.3 Å². The molecule has 1 aliphatic carbocycles. The second kappa shape index (κ2) is 12.2. The largest absolute Gasteiger partial charge is 0.317 e. The van der Waals surface area contributed by atoms with Crippen LogP contribution in [0.25, 0.3) is 5.57 Å². The predicted octanol–water partition coefficient (Wildman–Crippen LogP) is 8.26. The molecule has 1 aromatic carbocycles. The van der Waals surface area contributed by atoms with Gasteiger partial charge in [0.15, 0.2) is 0 Å². The van der Waals surface area contributed by atoms with Crippen molar-refractivity contribution in [3.8, 4) is 0 Å². The molecule has 0 saturated carbocycles. The first-order valence-electron chi connectivity index (χ1n) is 11.9. The predicted molar refractivity (Wildman–Crippen MR) is 143 cm³/mol. The van der Waals surface area contributed by atoms with Gasteiger partial charge in [-0.1, -0.05) is 60.2 Å². The van der Waals surface area contributed by atoms with E-state index < -0.39 is 0 Å². The van der Waals surface area contributed by atoms with Gasteiger partial charge in [-0.25, -0.2) is 0 Å². The smallest absolute Gasteiger partial charge is 0.0325 e. The van der Waals surface area contributed by atoms with Crippen LogP contribution in [0, 0.1) is 26.7 Å². The third-order valence-corrected chi connectivity index (χ3v) is 7.56. The van der Waals surface area contributed by atoms with Crippen molar-refractivity contribution in [1.29, 1.82) is 0 Å². The van der Waals surface area contributed by atoms with E-state index in [-0.39, 0.29) is 2.85 Å². The van der Waals surface area contributed by atoms with Crippen LogP contribution in [0.15, 0.2) is 54.4 Å². The monoisotopic (exact) mass is 437 g/mol. The van der Waals surface area contributed by atoms with Gasteiger partial charge in [0.05, 0.1) is 0 Å². The molecule has 0 bridgehead atoms. The molecule has 0 spiro atoms. The first-order valence-corrected chi connectivity index (χ1v) is 12.8. The van der Waals surface area contributed by atoms with Gasteiger partial charge in [0, 0.05) is 7.73 Å². The third kappa shape index (κ3) is 7.63. The fourth-order valence-electron chi connectivity index (χ4n) is 4.63. The van der Waals surface area contributed by atoms with Crippen LogP contribution in [0.1, 0.15) is 67.7 Å². The molecule has 1 saturated heterocycles. The van der Waals surface area contributed by atoms with E-state index in [4.69, 9.17) is 0 Å². The van der Waals surface area contributed by atoms with Crippen molar-refractivity contribution in [2.45, 2.75) is 65.7 Å². The van der Waals surface area contributed by atoms with Crippen molar-refractivity contribution < 1.29 is 2.85 Å². The maximum atomic E-state index is 4.36. The Morgan fingerprint density at radius 3 is 2.55 bits per heavy atom. The Morgan fingerprint density at radius 1 is 1.00 bits per heavy atom. The molecule has 2 aromatic rings. The van der Waals surface area contributed by atoms with E-state index >= 15 is 0 Å². The van der Waals surface area contributed by atoms with E-state index in [1.165, 1.54) is 78.8 Å². The lowest BCUT2D eigenvalue weighted by atomic mass is 9.91. The first-order chi connectivity index (χ1) is 15.0. The molecule has 1 nitrogen and oxygen atoms in total. The van der Waals surface area contributed by atoms with E-state index in [0.717, 1.165) is 12.3 Å². The second-order valence-corrected chi connectivity index (χ2v) is 10.1. The molecule has 31 heavy (non-hydrogen) atoms. The third-order valence-electron chi connectivity index (χ3n) is 6.43. The van der Waals surface area contributed by atoms with Crippen LogP contribution in [0.4, 0.5) is 0 Å². The lowest BCUT2D eigenvalue weighted by molar-refractivity contribution is 0.357. The summed E-state index contributed by atoms with van der Waals surface area (Å²) in [7, 11) is 0. The Bertz CT molecular complexity index is 927. The van der Waals surface area contributed by atoms with Crippen LogP contribution in [0.3, 0.4) is 0 Å². The molecule has 4 rings (SSSR count). The number of rotatable bonds is 4. The van der Waals surface area contributed by atoms with Crippen LogP contribution < -0.4 is 5.32 Å². The van der Waals surface area contributed by atoms with Crippen molar-refractivity contribution in [3.63, 3.8) is 0 Å². The van der Waals surface area contributed by atoms with Crippen molar-refractivity contribution in [2.75, 3.05) is 13.1 Å². The highest BCUT2D eigenvalue weighted by Gasteiger charge is 2.14.